The number of thiazole rings is 1. The van der Waals surface area contributed by atoms with Crippen molar-refractivity contribution in [2.45, 2.75) is 19.1 Å². The third-order valence-corrected chi connectivity index (χ3v) is 5.41. The van der Waals surface area contributed by atoms with Crippen molar-refractivity contribution >= 4 is 39.0 Å². The number of nitrogens with zero attached hydrogens (tertiary/aromatic N) is 3. The average Bonchev–Trinajstić information content (AvgIpc) is 3.36. The zero-order chi connectivity index (χ0) is 21.3. The second kappa shape index (κ2) is 7.75. The molecular formula is C19H15F3N6OS. The summed E-state index contributed by atoms with van der Waals surface area (Å²) >= 11 is 1.29. The van der Waals surface area contributed by atoms with Gasteiger partial charge in [0.1, 0.15) is 5.69 Å². The van der Waals surface area contributed by atoms with Crippen LogP contribution >= 0.6 is 11.3 Å². The summed E-state index contributed by atoms with van der Waals surface area (Å²) in [6.45, 7) is 1.81. The third-order valence-electron chi connectivity index (χ3n) is 4.32. The maximum atomic E-state index is 12.7. The summed E-state index contributed by atoms with van der Waals surface area (Å²) in [6, 6.07) is 6.00. The predicted molar refractivity (Wildman–Crippen MR) is 107 cm³/mol. The Balaban J connectivity index is 1.40. The number of nitrogens with one attached hydrogen (secondary N) is 3. The maximum absolute atomic E-state index is 12.7. The topological polar surface area (TPSA) is 95.6 Å². The fourth-order valence-electron chi connectivity index (χ4n) is 2.72. The van der Waals surface area contributed by atoms with Crippen LogP contribution in [0, 0.1) is 0 Å². The Morgan fingerprint density at radius 2 is 1.90 bits per heavy atom. The lowest BCUT2D eigenvalue weighted by Crippen LogP contribution is -2.26. The second-order valence-electron chi connectivity index (χ2n) is 6.49. The summed E-state index contributed by atoms with van der Waals surface area (Å²) in [6.07, 6.45) is 0.381. The zero-order valence-corrected chi connectivity index (χ0v) is 16.3. The SMILES string of the molecule is CC(NC(=O)c1cc2cn[nH]c2cn1)c1cnc(Nc2ccc(C(F)(F)F)cc2)s1. The van der Waals surface area contributed by atoms with Crippen molar-refractivity contribution in [3.63, 3.8) is 0 Å². The fraction of sp³-hybridized carbons (Fsp3) is 0.158. The number of rotatable bonds is 5. The van der Waals surface area contributed by atoms with Crippen LogP contribution in [0.15, 0.2) is 48.9 Å². The first kappa shape index (κ1) is 19.8. The molecular weight excluding hydrogens is 417 g/mol. The molecule has 154 valence electrons. The van der Waals surface area contributed by atoms with E-state index in [1.165, 1.54) is 23.5 Å². The number of hydrogen-bond acceptors (Lipinski definition) is 6. The van der Waals surface area contributed by atoms with Gasteiger partial charge in [-0.15, -0.1) is 0 Å². The molecule has 0 bridgehead atoms. The van der Waals surface area contributed by atoms with E-state index < -0.39 is 11.7 Å². The molecule has 0 aliphatic carbocycles. The van der Waals surface area contributed by atoms with E-state index in [4.69, 9.17) is 0 Å². The number of alkyl halides is 3. The van der Waals surface area contributed by atoms with Gasteiger partial charge in [-0.2, -0.15) is 18.3 Å². The first-order chi connectivity index (χ1) is 14.3. The number of amides is 1. The Kier molecular flexibility index (Phi) is 5.12. The van der Waals surface area contributed by atoms with Gasteiger partial charge in [-0.1, -0.05) is 11.3 Å². The highest BCUT2D eigenvalue weighted by Crippen LogP contribution is 2.31. The normalized spacial score (nSPS) is 12.7. The van der Waals surface area contributed by atoms with Gasteiger partial charge in [-0.3, -0.25) is 9.89 Å². The first-order valence-corrected chi connectivity index (χ1v) is 9.61. The van der Waals surface area contributed by atoms with E-state index in [-0.39, 0.29) is 17.6 Å². The molecule has 11 heteroatoms. The van der Waals surface area contributed by atoms with Crippen molar-refractivity contribution in [3.05, 3.63) is 65.1 Å². The van der Waals surface area contributed by atoms with E-state index in [0.29, 0.717) is 10.8 Å². The van der Waals surface area contributed by atoms with Crippen LogP contribution in [0.5, 0.6) is 0 Å². The van der Waals surface area contributed by atoms with Crippen LogP contribution in [0.4, 0.5) is 24.0 Å². The number of fused-ring (bicyclic) bond motifs is 1. The lowest BCUT2D eigenvalue weighted by Gasteiger charge is -2.11. The number of aromatic nitrogens is 4. The molecule has 0 aliphatic rings. The summed E-state index contributed by atoms with van der Waals surface area (Å²) < 4.78 is 38.0. The molecule has 1 aromatic carbocycles. The zero-order valence-electron chi connectivity index (χ0n) is 15.5. The molecule has 30 heavy (non-hydrogen) atoms. The number of benzene rings is 1. The summed E-state index contributed by atoms with van der Waals surface area (Å²) in [5.41, 5.74) is 0.772. The second-order valence-corrected chi connectivity index (χ2v) is 7.55. The van der Waals surface area contributed by atoms with Gasteiger partial charge in [-0.05, 0) is 37.3 Å². The number of anilines is 2. The first-order valence-electron chi connectivity index (χ1n) is 8.79. The van der Waals surface area contributed by atoms with Crippen LogP contribution in [0.3, 0.4) is 0 Å². The lowest BCUT2D eigenvalue weighted by atomic mass is 10.2. The molecule has 3 heterocycles. The molecule has 0 saturated carbocycles. The Morgan fingerprint density at radius 1 is 1.13 bits per heavy atom. The standard InChI is InChI=1S/C19H15F3N6OS/c1-10(26-17(29)14-6-11-7-25-28-15(11)8-23-14)16-9-24-18(30-16)27-13-4-2-12(3-5-13)19(20,21)22/h2-10H,1H3,(H,24,27)(H,25,28)(H,26,29). The minimum absolute atomic E-state index is 0.267. The largest absolute Gasteiger partial charge is 0.416 e. The number of halogens is 3. The number of pyridine rings is 1. The molecule has 0 saturated heterocycles. The van der Waals surface area contributed by atoms with Gasteiger partial charge in [0.2, 0.25) is 0 Å². The van der Waals surface area contributed by atoms with Gasteiger partial charge in [0.05, 0.1) is 29.5 Å². The van der Waals surface area contributed by atoms with Crippen LogP contribution in [-0.2, 0) is 6.18 Å². The minimum atomic E-state index is -4.38. The molecule has 1 atom stereocenters. The molecule has 0 spiro atoms. The Bertz CT molecular complexity index is 1180. The quantitative estimate of drug-likeness (QED) is 0.426. The van der Waals surface area contributed by atoms with E-state index in [1.807, 2.05) is 6.92 Å². The van der Waals surface area contributed by atoms with E-state index in [9.17, 15) is 18.0 Å². The van der Waals surface area contributed by atoms with E-state index >= 15 is 0 Å². The highest BCUT2D eigenvalue weighted by atomic mass is 32.1. The summed E-state index contributed by atoms with van der Waals surface area (Å²) in [5.74, 6) is -0.337. The number of hydrogen-bond donors (Lipinski definition) is 3. The van der Waals surface area contributed by atoms with Crippen molar-refractivity contribution < 1.29 is 18.0 Å². The van der Waals surface area contributed by atoms with Gasteiger partial charge in [0.25, 0.3) is 5.91 Å². The molecule has 4 rings (SSSR count). The highest BCUT2D eigenvalue weighted by molar-refractivity contribution is 7.15. The lowest BCUT2D eigenvalue weighted by molar-refractivity contribution is -0.137. The monoisotopic (exact) mass is 432 g/mol. The summed E-state index contributed by atoms with van der Waals surface area (Å²) in [5, 5.41) is 13.8. The average molecular weight is 432 g/mol. The molecule has 3 aromatic heterocycles. The van der Waals surface area contributed by atoms with Crippen LogP contribution < -0.4 is 10.6 Å². The molecule has 1 amide bonds. The van der Waals surface area contributed by atoms with Gasteiger partial charge in [-0.25, -0.2) is 9.97 Å². The molecule has 1 unspecified atom stereocenters. The van der Waals surface area contributed by atoms with Crippen LogP contribution in [0.1, 0.15) is 33.9 Å². The van der Waals surface area contributed by atoms with Gasteiger partial charge >= 0.3 is 6.18 Å². The van der Waals surface area contributed by atoms with Gasteiger partial charge in [0.15, 0.2) is 5.13 Å². The van der Waals surface area contributed by atoms with Crippen molar-refractivity contribution in [1.82, 2.24) is 25.5 Å². The molecule has 0 radical (unpaired) electrons. The van der Waals surface area contributed by atoms with Crippen molar-refractivity contribution in [3.8, 4) is 0 Å². The molecule has 7 nitrogen and oxygen atoms in total. The summed E-state index contributed by atoms with van der Waals surface area (Å²) in [7, 11) is 0. The van der Waals surface area contributed by atoms with Crippen molar-refractivity contribution in [2.24, 2.45) is 0 Å². The molecule has 4 aromatic rings. The fourth-order valence-corrected chi connectivity index (χ4v) is 3.56. The van der Waals surface area contributed by atoms with E-state index in [2.05, 4.69) is 30.8 Å². The highest BCUT2D eigenvalue weighted by Gasteiger charge is 2.30. The number of carbonyl (C=O) groups excluding carboxylic acids is 1. The van der Waals surface area contributed by atoms with E-state index in [1.54, 1.807) is 24.7 Å². The maximum Gasteiger partial charge on any atom is 0.416 e. The smallest absolute Gasteiger partial charge is 0.343 e. The van der Waals surface area contributed by atoms with Crippen LogP contribution in [0.2, 0.25) is 0 Å². The molecule has 0 fully saturated rings. The van der Waals surface area contributed by atoms with Crippen molar-refractivity contribution in [2.75, 3.05) is 5.32 Å². The van der Waals surface area contributed by atoms with Crippen molar-refractivity contribution in [1.29, 1.82) is 0 Å². The number of aromatic amines is 1. The minimum Gasteiger partial charge on any atom is -0.343 e. The predicted octanol–water partition coefficient (Wildman–Crippen LogP) is 4.67. The number of carbonyl (C=O) groups is 1. The molecule has 3 N–H and O–H groups in total. The van der Waals surface area contributed by atoms with E-state index in [0.717, 1.165) is 27.9 Å². The van der Waals surface area contributed by atoms with Crippen LogP contribution in [0.25, 0.3) is 10.9 Å². The molecule has 0 aliphatic heterocycles. The number of H-pyrrole nitrogens is 1. The van der Waals surface area contributed by atoms with Crippen LogP contribution in [-0.4, -0.2) is 26.1 Å². The van der Waals surface area contributed by atoms with Gasteiger partial charge in [0, 0.05) is 22.1 Å². The summed E-state index contributed by atoms with van der Waals surface area (Å²) in [4.78, 5) is 21.6. The Hall–Kier alpha value is -3.47. The van der Waals surface area contributed by atoms with Gasteiger partial charge < -0.3 is 10.6 Å². The Morgan fingerprint density at radius 3 is 2.63 bits per heavy atom. The third kappa shape index (κ3) is 4.25. The Labute approximate surface area is 172 Å².